The minimum atomic E-state index is -4.43. The van der Waals surface area contributed by atoms with E-state index >= 15 is 0 Å². The zero-order chi connectivity index (χ0) is 17.2. The average Bonchev–Trinajstić information content (AvgIpc) is 2.77. The van der Waals surface area contributed by atoms with E-state index in [1.54, 1.807) is 18.2 Å². The highest BCUT2D eigenvalue weighted by atomic mass is 19.4. The lowest BCUT2D eigenvalue weighted by atomic mass is 9.96. The maximum atomic E-state index is 13.4. The van der Waals surface area contributed by atoms with E-state index < -0.39 is 17.6 Å². The molecule has 0 saturated heterocycles. The molecule has 0 spiro atoms. The van der Waals surface area contributed by atoms with Crippen LogP contribution in [-0.2, 0) is 25.6 Å². The van der Waals surface area contributed by atoms with Crippen molar-refractivity contribution in [2.24, 2.45) is 0 Å². The van der Waals surface area contributed by atoms with Gasteiger partial charge in [0.25, 0.3) is 0 Å². The van der Waals surface area contributed by atoms with Crippen molar-refractivity contribution in [2.75, 3.05) is 18.4 Å². The summed E-state index contributed by atoms with van der Waals surface area (Å²) in [6, 6.07) is 8.57. The molecule has 1 aliphatic heterocycles. The second-order valence-corrected chi connectivity index (χ2v) is 5.86. The standard InChI is InChI=1S/C18H18F4N2/c19-14-3-1-2-12(10-14)11-24-17-15-7-9-23-8-6-13(15)4-5-16(17)18(20,21)22/h1-5,10,23-24H,6-9,11H2. The monoisotopic (exact) mass is 338 g/mol. The molecule has 0 bridgehead atoms. The van der Waals surface area contributed by atoms with Crippen LogP contribution >= 0.6 is 0 Å². The highest BCUT2D eigenvalue weighted by molar-refractivity contribution is 5.62. The fraction of sp³-hybridized carbons (Fsp3) is 0.333. The number of hydrogen-bond donors (Lipinski definition) is 2. The van der Waals surface area contributed by atoms with E-state index in [0.717, 1.165) is 18.2 Å². The van der Waals surface area contributed by atoms with Gasteiger partial charge in [0.15, 0.2) is 0 Å². The molecule has 2 aromatic rings. The third-order valence-corrected chi connectivity index (χ3v) is 4.20. The quantitative estimate of drug-likeness (QED) is 0.822. The smallest absolute Gasteiger partial charge is 0.380 e. The van der Waals surface area contributed by atoms with Crippen LogP contribution in [0.5, 0.6) is 0 Å². The molecule has 2 nitrogen and oxygen atoms in total. The molecule has 3 rings (SSSR count). The minimum Gasteiger partial charge on any atom is -0.380 e. The highest BCUT2D eigenvalue weighted by Gasteiger charge is 2.35. The predicted octanol–water partition coefficient (Wildman–Crippen LogP) is 4.14. The molecule has 1 heterocycles. The van der Waals surface area contributed by atoms with Crippen LogP contribution in [0.25, 0.3) is 0 Å². The second kappa shape index (κ2) is 6.81. The van der Waals surface area contributed by atoms with Crippen LogP contribution in [-0.4, -0.2) is 13.1 Å². The normalized spacial score (nSPS) is 14.8. The summed E-state index contributed by atoms with van der Waals surface area (Å²) in [5, 5.41) is 6.11. The van der Waals surface area contributed by atoms with Crippen LogP contribution in [0, 0.1) is 5.82 Å². The summed E-state index contributed by atoms with van der Waals surface area (Å²) in [6.07, 6.45) is -3.20. The number of alkyl halides is 3. The lowest BCUT2D eigenvalue weighted by molar-refractivity contribution is -0.137. The molecule has 2 aromatic carbocycles. The molecule has 2 N–H and O–H groups in total. The molecular weight excluding hydrogens is 320 g/mol. The van der Waals surface area contributed by atoms with Gasteiger partial charge in [-0.1, -0.05) is 18.2 Å². The maximum Gasteiger partial charge on any atom is 0.418 e. The van der Waals surface area contributed by atoms with E-state index in [9.17, 15) is 17.6 Å². The molecule has 1 aliphatic rings. The first kappa shape index (κ1) is 16.8. The molecule has 128 valence electrons. The van der Waals surface area contributed by atoms with E-state index in [4.69, 9.17) is 0 Å². The summed E-state index contributed by atoms with van der Waals surface area (Å²) in [5.41, 5.74) is 1.68. The molecule has 0 radical (unpaired) electrons. The first-order chi connectivity index (χ1) is 11.4. The number of fused-ring (bicyclic) bond motifs is 1. The average molecular weight is 338 g/mol. The Morgan fingerprint density at radius 3 is 2.58 bits per heavy atom. The Labute approximate surface area is 137 Å². The maximum absolute atomic E-state index is 13.4. The molecule has 0 unspecified atom stereocenters. The van der Waals surface area contributed by atoms with Gasteiger partial charge in [0.1, 0.15) is 5.82 Å². The molecule has 0 aliphatic carbocycles. The number of halogens is 4. The van der Waals surface area contributed by atoms with E-state index in [-0.39, 0.29) is 12.2 Å². The van der Waals surface area contributed by atoms with Crippen molar-refractivity contribution in [3.05, 3.63) is 64.5 Å². The second-order valence-electron chi connectivity index (χ2n) is 5.86. The Kier molecular flexibility index (Phi) is 4.76. The summed E-state index contributed by atoms with van der Waals surface area (Å²) in [4.78, 5) is 0. The van der Waals surface area contributed by atoms with E-state index in [2.05, 4.69) is 10.6 Å². The third-order valence-electron chi connectivity index (χ3n) is 4.20. The fourth-order valence-corrected chi connectivity index (χ4v) is 3.05. The van der Waals surface area contributed by atoms with E-state index in [0.29, 0.717) is 30.5 Å². The summed E-state index contributed by atoms with van der Waals surface area (Å²) in [5.74, 6) is -0.401. The molecule has 0 saturated carbocycles. The molecule has 0 atom stereocenters. The number of nitrogens with one attached hydrogen (secondary N) is 2. The largest absolute Gasteiger partial charge is 0.418 e. The van der Waals surface area contributed by atoms with Gasteiger partial charge in [-0.25, -0.2) is 4.39 Å². The summed E-state index contributed by atoms with van der Waals surface area (Å²) in [7, 11) is 0. The molecule has 0 amide bonds. The van der Waals surface area contributed by atoms with Crippen molar-refractivity contribution in [1.82, 2.24) is 5.32 Å². The van der Waals surface area contributed by atoms with Gasteiger partial charge in [-0.2, -0.15) is 13.2 Å². The lowest BCUT2D eigenvalue weighted by Gasteiger charge is -2.20. The van der Waals surface area contributed by atoms with Crippen LogP contribution in [0.2, 0.25) is 0 Å². The Balaban J connectivity index is 1.96. The first-order valence-corrected chi connectivity index (χ1v) is 7.86. The van der Waals surface area contributed by atoms with E-state index in [1.807, 2.05) is 0 Å². The topological polar surface area (TPSA) is 24.1 Å². The van der Waals surface area contributed by atoms with Crippen LogP contribution < -0.4 is 10.6 Å². The fourth-order valence-electron chi connectivity index (χ4n) is 3.05. The van der Waals surface area contributed by atoms with Gasteiger partial charge in [0.05, 0.1) is 11.3 Å². The SMILES string of the molecule is Fc1cccc(CNc2c(C(F)(F)F)ccc3c2CCNCC3)c1. The van der Waals surface area contributed by atoms with Crippen molar-refractivity contribution in [3.8, 4) is 0 Å². The van der Waals surface area contributed by atoms with Gasteiger partial charge in [-0.3, -0.25) is 0 Å². The Morgan fingerprint density at radius 1 is 1.04 bits per heavy atom. The minimum absolute atomic E-state index is 0.118. The number of benzene rings is 2. The van der Waals surface area contributed by atoms with Gasteiger partial charge >= 0.3 is 6.18 Å². The zero-order valence-electron chi connectivity index (χ0n) is 13.0. The molecule has 24 heavy (non-hydrogen) atoms. The van der Waals surface area contributed by atoms with Crippen molar-refractivity contribution in [2.45, 2.75) is 25.6 Å². The zero-order valence-corrected chi connectivity index (χ0v) is 13.0. The lowest BCUT2D eigenvalue weighted by Crippen LogP contribution is -2.17. The van der Waals surface area contributed by atoms with E-state index in [1.165, 1.54) is 12.1 Å². The molecule has 6 heteroatoms. The van der Waals surface area contributed by atoms with Gasteiger partial charge in [0, 0.05) is 6.54 Å². The van der Waals surface area contributed by atoms with Crippen LogP contribution in [0.3, 0.4) is 0 Å². The summed E-state index contributed by atoms with van der Waals surface area (Å²) < 4.78 is 53.5. The number of hydrogen-bond acceptors (Lipinski definition) is 2. The molecule has 0 fully saturated rings. The van der Waals surface area contributed by atoms with Crippen LogP contribution in [0.4, 0.5) is 23.2 Å². The van der Waals surface area contributed by atoms with Gasteiger partial charge < -0.3 is 10.6 Å². The van der Waals surface area contributed by atoms with Crippen LogP contribution in [0.15, 0.2) is 36.4 Å². The van der Waals surface area contributed by atoms with Crippen molar-refractivity contribution in [3.63, 3.8) is 0 Å². The Hall–Kier alpha value is -2.08. The number of rotatable bonds is 3. The van der Waals surface area contributed by atoms with Gasteiger partial charge in [-0.05, 0) is 60.8 Å². The molecular formula is C18H18F4N2. The Morgan fingerprint density at radius 2 is 1.83 bits per heavy atom. The van der Waals surface area contributed by atoms with Crippen LogP contribution in [0.1, 0.15) is 22.3 Å². The Bertz CT molecular complexity index is 725. The van der Waals surface area contributed by atoms with Crippen molar-refractivity contribution >= 4 is 5.69 Å². The van der Waals surface area contributed by atoms with Crippen molar-refractivity contribution in [1.29, 1.82) is 0 Å². The predicted molar refractivity (Wildman–Crippen MR) is 85.4 cm³/mol. The third kappa shape index (κ3) is 3.70. The first-order valence-electron chi connectivity index (χ1n) is 7.86. The van der Waals surface area contributed by atoms with Crippen molar-refractivity contribution < 1.29 is 17.6 Å². The number of anilines is 1. The summed E-state index contributed by atoms with van der Waals surface area (Å²) >= 11 is 0. The van der Waals surface area contributed by atoms with Gasteiger partial charge in [-0.15, -0.1) is 0 Å². The van der Waals surface area contributed by atoms with Gasteiger partial charge in [0.2, 0.25) is 0 Å². The molecule has 0 aromatic heterocycles. The highest BCUT2D eigenvalue weighted by Crippen LogP contribution is 2.38. The summed E-state index contributed by atoms with van der Waals surface area (Å²) in [6.45, 7) is 1.54.